The molecule has 0 heterocycles. The maximum absolute atomic E-state index is 12.1. The Balaban J connectivity index is 2.88. The fourth-order valence-corrected chi connectivity index (χ4v) is 3.54. The minimum Gasteiger partial charge on any atom is -0.465 e. The largest absolute Gasteiger partial charge is 0.465 e. The molecule has 1 rings (SSSR count). The van der Waals surface area contributed by atoms with Gasteiger partial charge in [0.2, 0.25) is 0 Å². The zero-order valence-electron chi connectivity index (χ0n) is 12.8. The number of rotatable bonds is 8. The fourth-order valence-electron chi connectivity index (χ4n) is 2.18. The molecule has 0 aliphatic rings. The molecule has 1 unspecified atom stereocenters. The van der Waals surface area contributed by atoms with Crippen LogP contribution in [0.5, 0.6) is 0 Å². The molecular weight excluding hydrogens is 290 g/mol. The predicted octanol–water partition coefficient (Wildman–Crippen LogP) is 1.62. The summed E-state index contributed by atoms with van der Waals surface area (Å²) < 4.78 is 29.0. The van der Waals surface area contributed by atoms with Crippen LogP contribution in [0.4, 0.5) is 0 Å². The molecule has 21 heavy (non-hydrogen) atoms. The van der Waals surface area contributed by atoms with E-state index in [1.807, 2.05) is 38.1 Å². The van der Waals surface area contributed by atoms with Gasteiger partial charge >= 0.3 is 5.97 Å². The quantitative estimate of drug-likeness (QED) is 0.738. The van der Waals surface area contributed by atoms with Crippen LogP contribution in [0.2, 0.25) is 0 Å². The Hall–Kier alpha value is -1.40. The van der Waals surface area contributed by atoms with Crippen LogP contribution in [0, 0.1) is 6.92 Å². The van der Waals surface area contributed by atoms with Crippen LogP contribution in [0.1, 0.15) is 31.0 Å². The van der Waals surface area contributed by atoms with Gasteiger partial charge in [-0.3, -0.25) is 4.79 Å². The highest BCUT2D eigenvalue weighted by Gasteiger charge is 2.24. The molecule has 1 aromatic rings. The molecule has 0 spiro atoms. The Labute approximate surface area is 126 Å². The summed E-state index contributed by atoms with van der Waals surface area (Å²) in [6.07, 6.45) is 0. The summed E-state index contributed by atoms with van der Waals surface area (Å²) in [6.45, 7) is 6.34. The first-order chi connectivity index (χ1) is 9.89. The number of carbonyl (C=O) groups excluding carboxylic acids is 1. The van der Waals surface area contributed by atoms with Crippen LogP contribution in [-0.2, 0) is 19.4 Å². The van der Waals surface area contributed by atoms with Crippen molar-refractivity contribution in [3.8, 4) is 0 Å². The van der Waals surface area contributed by atoms with Gasteiger partial charge in [-0.1, -0.05) is 31.2 Å². The number of sulfone groups is 1. The third-order valence-electron chi connectivity index (χ3n) is 3.08. The van der Waals surface area contributed by atoms with Gasteiger partial charge in [-0.25, -0.2) is 8.42 Å². The second-order valence-electron chi connectivity index (χ2n) is 4.83. The smallest absolute Gasteiger partial charge is 0.321 e. The van der Waals surface area contributed by atoms with Gasteiger partial charge in [0.05, 0.1) is 12.4 Å². The molecule has 0 radical (unpaired) electrons. The Morgan fingerprint density at radius 2 is 1.95 bits per heavy atom. The minimum absolute atomic E-state index is 0.121. The van der Waals surface area contributed by atoms with Gasteiger partial charge in [-0.05, 0) is 31.5 Å². The number of hydrogen-bond donors (Lipinski definition) is 1. The lowest BCUT2D eigenvalue weighted by molar-refractivity contribution is -0.139. The molecule has 1 N–H and O–H groups in total. The maximum atomic E-state index is 12.1. The third-order valence-corrected chi connectivity index (χ3v) is 4.59. The van der Waals surface area contributed by atoms with Crippen molar-refractivity contribution < 1.29 is 17.9 Å². The molecular formula is C15H23NO4S. The number of aryl methyl sites for hydroxylation is 1. The molecule has 0 aliphatic carbocycles. The van der Waals surface area contributed by atoms with Crippen molar-refractivity contribution in [3.05, 3.63) is 35.4 Å². The van der Waals surface area contributed by atoms with Gasteiger partial charge in [-0.15, -0.1) is 0 Å². The molecule has 118 valence electrons. The van der Waals surface area contributed by atoms with Crippen molar-refractivity contribution in [2.45, 2.75) is 26.8 Å². The van der Waals surface area contributed by atoms with Gasteiger partial charge in [0.25, 0.3) is 0 Å². The number of benzene rings is 1. The molecule has 6 heteroatoms. The van der Waals surface area contributed by atoms with Crippen LogP contribution >= 0.6 is 0 Å². The molecule has 0 bridgehead atoms. The van der Waals surface area contributed by atoms with Gasteiger partial charge < -0.3 is 10.1 Å². The zero-order chi connectivity index (χ0) is 15.9. The van der Waals surface area contributed by atoms with Gasteiger partial charge in [0.1, 0.15) is 5.75 Å². The first kappa shape index (κ1) is 17.7. The summed E-state index contributed by atoms with van der Waals surface area (Å²) in [5, 5.41) is 3.17. The van der Waals surface area contributed by atoms with E-state index in [1.165, 1.54) is 0 Å². The van der Waals surface area contributed by atoms with Crippen LogP contribution in [0.15, 0.2) is 24.3 Å². The van der Waals surface area contributed by atoms with Crippen molar-refractivity contribution in [3.63, 3.8) is 0 Å². The van der Waals surface area contributed by atoms with E-state index in [2.05, 4.69) is 5.32 Å². The lowest BCUT2D eigenvalue weighted by Crippen LogP contribution is -2.31. The molecule has 0 fully saturated rings. The zero-order valence-corrected chi connectivity index (χ0v) is 13.6. The van der Waals surface area contributed by atoms with E-state index < -0.39 is 21.6 Å². The van der Waals surface area contributed by atoms with E-state index in [4.69, 9.17) is 4.74 Å². The lowest BCUT2D eigenvalue weighted by atomic mass is 10.0. The van der Waals surface area contributed by atoms with Gasteiger partial charge in [0, 0.05) is 6.04 Å². The SMILES string of the molecule is CCNC(CS(=O)(=O)CC(=O)OCC)c1ccccc1C. The molecule has 0 saturated heterocycles. The molecule has 0 amide bonds. The Bertz CT molecular complexity index is 569. The highest BCUT2D eigenvalue weighted by molar-refractivity contribution is 7.92. The lowest BCUT2D eigenvalue weighted by Gasteiger charge is -2.20. The molecule has 0 saturated carbocycles. The van der Waals surface area contributed by atoms with E-state index in [0.717, 1.165) is 11.1 Å². The van der Waals surface area contributed by atoms with Crippen LogP contribution in [0.3, 0.4) is 0 Å². The number of ether oxygens (including phenoxy) is 1. The first-order valence-electron chi connectivity index (χ1n) is 7.04. The summed E-state index contributed by atoms with van der Waals surface area (Å²) in [5.74, 6) is -1.39. The van der Waals surface area contributed by atoms with Crippen molar-refractivity contribution in [2.75, 3.05) is 24.7 Å². The summed E-state index contributed by atoms with van der Waals surface area (Å²) in [5.41, 5.74) is 1.96. The van der Waals surface area contributed by atoms with Crippen molar-refractivity contribution >= 4 is 15.8 Å². The summed E-state index contributed by atoms with van der Waals surface area (Å²) in [7, 11) is -3.53. The highest BCUT2D eigenvalue weighted by Crippen LogP contribution is 2.19. The maximum Gasteiger partial charge on any atom is 0.321 e. The van der Waals surface area contributed by atoms with E-state index in [9.17, 15) is 13.2 Å². The molecule has 1 aromatic carbocycles. The number of esters is 1. The van der Waals surface area contributed by atoms with Gasteiger partial charge in [0.15, 0.2) is 9.84 Å². The number of carbonyl (C=O) groups is 1. The third kappa shape index (κ3) is 5.85. The topological polar surface area (TPSA) is 72.5 Å². The standard InChI is InChI=1S/C15H23NO4S/c1-4-16-14(13-9-7-6-8-12(13)3)10-21(18,19)11-15(17)20-5-2/h6-9,14,16H,4-5,10-11H2,1-3H3. The van der Waals surface area contributed by atoms with Crippen molar-refractivity contribution in [1.29, 1.82) is 0 Å². The fraction of sp³-hybridized carbons (Fsp3) is 0.533. The summed E-state index contributed by atoms with van der Waals surface area (Å²) in [6, 6.07) is 7.32. The Morgan fingerprint density at radius 1 is 1.29 bits per heavy atom. The van der Waals surface area contributed by atoms with Crippen LogP contribution < -0.4 is 5.32 Å². The van der Waals surface area contributed by atoms with E-state index in [0.29, 0.717) is 6.54 Å². The van der Waals surface area contributed by atoms with Crippen LogP contribution in [-0.4, -0.2) is 39.0 Å². The number of nitrogens with one attached hydrogen (secondary N) is 1. The average Bonchev–Trinajstić information content (AvgIpc) is 2.38. The van der Waals surface area contributed by atoms with Crippen molar-refractivity contribution in [2.24, 2.45) is 0 Å². The second-order valence-corrected chi connectivity index (χ2v) is 6.94. The van der Waals surface area contributed by atoms with Crippen LogP contribution in [0.25, 0.3) is 0 Å². The Kier molecular flexibility index (Phi) is 6.84. The summed E-state index contributed by atoms with van der Waals surface area (Å²) in [4.78, 5) is 11.4. The van der Waals surface area contributed by atoms with Crippen molar-refractivity contribution in [1.82, 2.24) is 5.32 Å². The first-order valence-corrected chi connectivity index (χ1v) is 8.86. The average molecular weight is 313 g/mol. The monoisotopic (exact) mass is 313 g/mol. The molecule has 0 aromatic heterocycles. The van der Waals surface area contributed by atoms with Gasteiger partial charge in [-0.2, -0.15) is 0 Å². The summed E-state index contributed by atoms with van der Waals surface area (Å²) >= 11 is 0. The minimum atomic E-state index is -3.53. The Morgan fingerprint density at radius 3 is 2.52 bits per heavy atom. The molecule has 1 atom stereocenters. The van der Waals surface area contributed by atoms with E-state index >= 15 is 0 Å². The highest BCUT2D eigenvalue weighted by atomic mass is 32.2. The molecule has 5 nitrogen and oxygen atoms in total. The molecule has 0 aliphatic heterocycles. The van der Waals surface area contributed by atoms with E-state index in [1.54, 1.807) is 6.92 Å². The predicted molar refractivity (Wildman–Crippen MR) is 82.9 cm³/mol. The van der Waals surface area contributed by atoms with E-state index in [-0.39, 0.29) is 18.4 Å². The number of hydrogen-bond acceptors (Lipinski definition) is 5. The second kappa shape index (κ2) is 8.14. The normalized spacial score (nSPS) is 12.9.